The van der Waals surface area contributed by atoms with Gasteiger partial charge in [-0.05, 0) is 53.1 Å². The van der Waals surface area contributed by atoms with E-state index in [1.807, 2.05) is 20.9 Å². The van der Waals surface area contributed by atoms with Crippen LogP contribution in [-0.4, -0.2) is 49.6 Å². The van der Waals surface area contributed by atoms with Gasteiger partial charge in [-0.15, -0.1) is 0 Å². The van der Waals surface area contributed by atoms with Crippen molar-refractivity contribution in [2.24, 2.45) is 5.92 Å². The first-order valence-corrected chi connectivity index (χ1v) is 6.79. The topological polar surface area (TPSA) is 44.4 Å². The summed E-state index contributed by atoms with van der Waals surface area (Å²) in [4.78, 5) is 14.1. The van der Waals surface area contributed by atoms with E-state index in [-0.39, 0.29) is 11.9 Å². The molecule has 1 heterocycles. The van der Waals surface area contributed by atoms with Gasteiger partial charge in [-0.1, -0.05) is 0 Å². The van der Waals surface area contributed by atoms with Gasteiger partial charge in [0.1, 0.15) is 0 Å². The molecule has 100 valence electrons. The van der Waals surface area contributed by atoms with E-state index in [9.17, 15) is 4.79 Å². The van der Waals surface area contributed by atoms with Gasteiger partial charge < -0.3 is 10.6 Å². The minimum atomic E-state index is 0.00167. The van der Waals surface area contributed by atoms with Crippen LogP contribution in [0.4, 0.5) is 0 Å². The first kappa shape index (κ1) is 14.5. The average Bonchev–Trinajstić information content (AvgIpc) is 2.37. The molecule has 3 unspecified atom stereocenters. The van der Waals surface area contributed by atoms with Crippen LogP contribution < -0.4 is 10.6 Å². The molecule has 0 saturated carbocycles. The molecule has 0 aliphatic carbocycles. The molecule has 0 radical (unpaired) electrons. The first-order chi connectivity index (χ1) is 8.10. The van der Waals surface area contributed by atoms with Gasteiger partial charge in [0.25, 0.3) is 0 Å². The second-order valence-electron chi connectivity index (χ2n) is 5.05. The fraction of sp³-hybridized carbons (Fsp3) is 0.923. The summed E-state index contributed by atoms with van der Waals surface area (Å²) in [6.07, 6.45) is 2.46. The van der Waals surface area contributed by atoms with E-state index in [4.69, 9.17) is 0 Å². The van der Waals surface area contributed by atoms with E-state index >= 15 is 0 Å². The molecule has 0 aromatic heterocycles. The second kappa shape index (κ2) is 6.97. The van der Waals surface area contributed by atoms with E-state index in [1.54, 1.807) is 0 Å². The van der Waals surface area contributed by atoms with Crippen LogP contribution in [-0.2, 0) is 4.79 Å². The zero-order valence-corrected chi connectivity index (χ0v) is 11.6. The van der Waals surface area contributed by atoms with Crippen LogP contribution in [0.3, 0.4) is 0 Å². The van der Waals surface area contributed by atoms with Crippen molar-refractivity contribution in [2.75, 3.05) is 26.7 Å². The summed E-state index contributed by atoms with van der Waals surface area (Å²) in [6, 6.07) is 0.529. The Balaban J connectivity index is 2.51. The van der Waals surface area contributed by atoms with Gasteiger partial charge in [0.15, 0.2) is 0 Å². The molecule has 0 spiro atoms. The highest BCUT2D eigenvalue weighted by Crippen LogP contribution is 2.21. The lowest BCUT2D eigenvalue weighted by Crippen LogP contribution is -2.51. The number of nitrogens with one attached hydrogen (secondary N) is 2. The molecule has 0 bridgehead atoms. The smallest absolute Gasteiger partial charge is 0.237 e. The summed E-state index contributed by atoms with van der Waals surface area (Å²) < 4.78 is 0. The molecular weight excluding hydrogens is 214 g/mol. The van der Waals surface area contributed by atoms with Crippen molar-refractivity contribution in [3.8, 4) is 0 Å². The Labute approximate surface area is 105 Å². The number of carbonyl (C=O) groups excluding carboxylic acids is 1. The molecule has 1 amide bonds. The third-order valence-electron chi connectivity index (χ3n) is 3.93. The molecule has 17 heavy (non-hydrogen) atoms. The third-order valence-corrected chi connectivity index (χ3v) is 3.93. The number of carbonyl (C=O) groups is 1. The van der Waals surface area contributed by atoms with Gasteiger partial charge in [0.2, 0.25) is 5.91 Å². The molecular formula is C13H27N3O. The van der Waals surface area contributed by atoms with E-state index in [0.717, 1.165) is 13.1 Å². The van der Waals surface area contributed by atoms with Crippen molar-refractivity contribution in [3.63, 3.8) is 0 Å². The Hall–Kier alpha value is -0.610. The largest absolute Gasteiger partial charge is 0.355 e. The predicted molar refractivity (Wildman–Crippen MR) is 71.0 cm³/mol. The van der Waals surface area contributed by atoms with Crippen LogP contribution in [0.15, 0.2) is 0 Å². The molecule has 1 aliphatic rings. The van der Waals surface area contributed by atoms with Crippen LogP contribution in [0.1, 0.15) is 33.6 Å². The molecule has 1 saturated heterocycles. The lowest BCUT2D eigenvalue weighted by molar-refractivity contribution is -0.126. The Morgan fingerprint density at radius 2 is 2.18 bits per heavy atom. The predicted octanol–water partition coefficient (Wildman–Crippen LogP) is 0.831. The van der Waals surface area contributed by atoms with Gasteiger partial charge >= 0.3 is 0 Å². The summed E-state index contributed by atoms with van der Waals surface area (Å²) in [7, 11) is 2.01. The van der Waals surface area contributed by atoms with Crippen molar-refractivity contribution in [1.82, 2.24) is 15.5 Å². The van der Waals surface area contributed by atoms with Gasteiger partial charge in [0.05, 0.1) is 6.04 Å². The van der Waals surface area contributed by atoms with Gasteiger partial charge in [-0.2, -0.15) is 0 Å². The third kappa shape index (κ3) is 3.96. The zero-order chi connectivity index (χ0) is 12.8. The number of amides is 1. The Morgan fingerprint density at radius 1 is 1.47 bits per heavy atom. The molecule has 4 heteroatoms. The van der Waals surface area contributed by atoms with Crippen molar-refractivity contribution < 1.29 is 4.79 Å². The van der Waals surface area contributed by atoms with Crippen LogP contribution >= 0.6 is 0 Å². The number of piperidine rings is 1. The standard InChI is InChI=1S/C13H27N3O/c1-5-15-13(17)11(3)16-8-6-7-12(9-16)10(2)14-4/h10-12,14H,5-9H2,1-4H3,(H,15,17). The molecule has 0 aromatic carbocycles. The van der Waals surface area contributed by atoms with E-state index < -0.39 is 0 Å². The number of nitrogens with zero attached hydrogens (tertiary/aromatic N) is 1. The highest BCUT2D eigenvalue weighted by Gasteiger charge is 2.29. The molecule has 2 N–H and O–H groups in total. The SMILES string of the molecule is CCNC(=O)C(C)N1CCCC(C(C)NC)C1. The van der Waals surface area contributed by atoms with Crippen molar-refractivity contribution >= 4 is 5.91 Å². The molecule has 1 fully saturated rings. The lowest BCUT2D eigenvalue weighted by Gasteiger charge is -2.38. The quantitative estimate of drug-likeness (QED) is 0.749. The van der Waals surface area contributed by atoms with Gasteiger partial charge in [-0.3, -0.25) is 9.69 Å². The minimum Gasteiger partial charge on any atom is -0.355 e. The lowest BCUT2D eigenvalue weighted by atomic mass is 9.91. The van der Waals surface area contributed by atoms with E-state index in [0.29, 0.717) is 18.5 Å². The summed E-state index contributed by atoms with van der Waals surface area (Å²) in [5.41, 5.74) is 0. The minimum absolute atomic E-state index is 0.00167. The van der Waals surface area contributed by atoms with Crippen molar-refractivity contribution in [1.29, 1.82) is 0 Å². The fourth-order valence-corrected chi connectivity index (χ4v) is 2.52. The number of likely N-dealkylation sites (N-methyl/N-ethyl adjacent to an activating group) is 1. The van der Waals surface area contributed by atoms with Crippen LogP contribution in [0, 0.1) is 5.92 Å². The van der Waals surface area contributed by atoms with Gasteiger partial charge in [-0.25, -0.2) is 0 Å². The maximum atomic E-state index is 11.8. The Bertz CT molecular complexity index is 245. The van der Waals surface area contributed by atoms with Crippen LogP contribution in [0.5, 0.6) is 0 Å². The maximum absolute atomic E-state index is 11.8. The summed E-state index contributed by atoms with van der Waals surface area (Å²) in [6.45, 7) is 8.99. The molecule has 1 aliphatic heterocycles. The average molecular weight is 241 g/mol. The van der Waals surface area contributed by atoms with E-state index in [2.05, 4.69) is 22.5 Å². The zero-order valence-electron chi connectivity index (χ0n) is 11.6. The second-order valence-corrected chi connectivity index (χ2v) is 5.05. The Morgan fingerprint density at radius 3 is 2.76 bits per heavy atom. The number of hydrogen-bond acceptors (Lipinski definition) is 3. The molecule has 4 nitrogen and oxygen atoms in total. The van der Waals surface area contributed by atoms with Crippen LogP contribution in [0.25, 0.3) is 0 Å². The first-order valence-electron chi connectivity index (χ1n) is 6.79. The fourth-order valence-electron chi connectivity index (χ4n) is 2.52. The van der Waals surface area contributed by atoms with Crippen molar-refractivity contribution in [2.45, 2.75) is 45.7 Å². The molecule has 3 atom stereocenters. The summed E-state index contributed by atoms with van der Waals surface area (Å²) in [5, 5.41) is 6.23. The van der Waals surface area contributed by atoms with Crippen molar-refractivity contribution in [3.05, 3.63) is 0 Å². The van der Waals surface area contributed by atoms with Gasteiger partial charge in [0, 0.05) is 19.1 Å². The molecule has 0 aromatic rings. The maximum Gasteiger partial charge on any atom is 0.237 e. The monoisotopic (exact) mass is 241 g/mol. The van der Waals surface area contributed by atoms with E-state index in [1.165, 1.54) is 12.8 Å². The number of likely N-dealkylation sites (tertiary alicyclic amines) is 1. The summed E-state index contributed by atoms with van der Waals surface area (Å²) in [5.74, 6) is 0.816. The number of rotatable bonds is 5. The molecule has 1 rings (SSSR count). The van der Waals surface area contributed by atoms with Crippen LogP contribution in [0.2, 0.25) is 0 Å². The normalized spacial score (nSPS) is 25.3. The highest BCUT2D eigenvalue weighted by atomic mass is 16.2. The Kier molecular flexibility index (Phi) is 5.92. The number of hydrogen-bond donors (Lipinski definition) is 2. The summed E-state index contributed by atoms with van der Waals surface area (Å²) >= 11 is 0. The highest BCUT2D eigenvalue weighted by molar-refractivity contribution is 5.81.